The van der Waals surface area contributed by atoms with Crippen molar-refractivity contribution >= 4 is 17.2 Å². The van der Waals surface area contributed by atoms with Crippen molar-refractivity contribution in [2.24, 2.45) is 5.92 Å². The van der Waals surface area contributed by atoms with E-state index in [1.807, 2.05) is 11.4 Å². The fourth-order valence-corrected chi connectivity index (χ4v) is 3.02. The first-order valence-corrected chi connectivity index (χ1v) is 7.08. The average molecular weight is 253 g/mol. The molecule has 0 spiro atoms. The van der Waals surface area contributed by atoms with Crippen LogP contribution in [0.1, 0.15) is 37.4 Å². The van der Waals surface area contributed by atoms with Crippen LogP contribution in [0.15, 0.2) is 16.8 Å². The van der Waals surface area contributed by atoms with E-state index in [1.165, 1.54) is 12.8 Å². The lowest BCUT2D eigenvalue weighted by molar-refractivity contribution is -0.125. The standard InChI is InChI=1S/C13H19NO2S/c1-16-12(11-6-7-17-9-11)8-14-13(15)10-4-2-3-5-10/h6-7,9-10,12H,2-5,8H2,1H3,(H,14,15). The van der Waals surface area contributed by atoms with Crippen molar-refractivity contribution < 1.29 is 9.53 Å². The van der Waals surface area contributed by atoms with E-state index >= 15 is 0 Å². The lowest BCUT2D eigenvalue weighted by Gasteiger charge is -2.16. The van der Waals surface area contributed by atoms with Crippen molar-refractivity contribution in [1.29, 1.82) is 0 Å². The van der Waals surface area contributed by atoms with Gasteiger partial charge in [0, 0.05) is 19.6 Å². The number of ether oxygens (including phenoxy) is 1. The Morgan fingerprint density at radius 2 is 2.35 bits per heavy atom. The Morgan fingerprint density at radius 3 is 2.94 bits per heavy atom. The van der Waals surface area contributed by atoms with Crippen LogP contribution in [0.5, 0.6) is 0 Å². The van der Waals surface area contributed by atoms with Gasteiger partial charge in [-0.2, -0.15) is 11.3 Å². The Balaban J connectivity index is 1.81. The molecular weight excluding hydrogens is 234 g/mol. The average Bonchev–Trinajstić information content (AvgIpc) is 3.02. The minimum absolute atomic E-state index is 0.0217. The van der Waals surface area contributed by atoms with Crippen LogP contribution < -0.4 is 5.32 Å². The lowest BCUT2D eigenvalue weighted by Crippen LogP contribution is -2.33. The molecule has 2 rings (SSSR count). The number of hydrogen-bond donors (Lipinski definition) is 1. The van der Waals surface area contributed by atoms with Crippen LogP contribution >= 0.6 is 11.3 Å². The zero-order chi connectivity index (χ0) is 12.1. The molecule has 3 nitrogen and oxygen atoms in total. The SMILES string of the molecule is COC(CNC(=O)C1CCCC1)c1ccsc1. The molecule has 0 saturated heterocycles. The van der Waals surface area contributed by atoms with Crippen molar-refractivity contribution in [2.45, 2.75) is 31.8 Å². The van der Waals surface area contributed by atoms with Crippen LogP contribution in [0.3, 0.4) is 0 Å². The Labute approximate surface area is 106 Å². The largest absolute Gasteiger partial charge is 0.375 e. The van der Waals surface area contributed by atoms with Gasteiger partial charge in [0.2, 0.25) is 5.91 Å². The number of carbonyl (C=O) groups excluding carboxylic acids is 1. The predicted molar refractivity (Wildman–Crippen MR) is 69.0 cm³/mol. The van der Waals surface area contributed by atoms with Crippen molar-refractivity contribution in [3.63, 3.8) is 0 Å². The van der Waals surface area contributed by atoms with E-state index in [9.17, 15) is 4.79 Å². The van der Waals surface area contributed by atoms with Gasteiger partial charge < -0.3 is 10.1 Å². The van der Waals surface area contributed by atoms with Crippen molar-refractivity contribution in [3.05, 3.63) is 22.4 Å². The summed E-state index contributed by atoms with van der Waals surface area (Å²) >= 11 is 1.65. The van der Waals surface area contributed by atoms with E-state index in [2.05, 4.69) is 10.7 Å². The third-order valence-corrected chi connectivity index (χ3v) is 4.09. The number of amides is 1. The van der Waals surface area contributed by atoms with Gasteiger partial charge in [0.15, 0.2) is 0 Å². The smallest absolute Gasteiger partial charge is 0.223 e. The summed E-state index contributed by atoms with van der Waals surface area (Å²) in [6, 6.07) is 2.04. The fourth-order valence-electron chi connectivity index (χ4n) is 2.32. The highest BCUT2D eigenvalue weighted by atomic mass is 32.1. The molecule has 0 bridgehead atoms. The topological polar surface area (TPSA) is 38.3 Å². The predicted octanol–water partition coefficient (Wildman–Crippen LogP) is 2.74. The van der Waals surface area contributed by atoms with Crippen molar-refractivity contribution in [1.82, 2.24) is 5.32 Å². The molecule has 1 aliphatic carbocycles. The molecule has 0 aliphatic heterocycles. The number of thiophene rings is 1. The molecule has 17 heavy (non-hydrogen) atoms. The first kappa shape index (κ1) is 12.6. The van der Waals surface area contributed by atoms with Gasteiger partial charge in [-0.25, -0.2) is 0 Å². The molecule has 1 aliphatic rings. The van der Waals surface area contributed by atoms with Gasteiger partial charge in [0.1, 0.15) is 6.10 Å². The zero-order valence-electron chi connectivity index (χ0n) is 10.1. The molecule has 1 aromatic heterocycles. The van der Waals surface area contributed by atoms with E-state index in [-0.39, 0.29) is 17.9 Å². The van der Waals surface area contributed by atoms with Crippen molar-refractivity contribution in [2.75, 3.05) is 13.7 Å². The molecule has 1 heterocycles. The maximum atomic E-state index is 11.9. The summed E-state index contributed by atoms with van der Waals surface area (Å²) in [5.74, 6) is 0.426. The molecule has 94 valence electrons. The van der Waals surface area contributed by atoms with Crippen LogP contribution in [-0.2, 0) is 9.53 Å². The molecule has 0 aromatic carbocycles. The normalized spacial score (nSPS) is 18.2. The van der Waals surface area contributed by atoms with Crippen molar-refractivity contribution in [3.8, 4) is 0 Å². The molecule has 1 aromatic rings. The molecule has 1 amide bonds. The summed E-state index contributed by atoms with van der Waals surface area (Å²) in [6.45, 7) is 0.572. The molecule has 4 heteroatoms. The summed E-state index contributed by atoms with van der Waals surface area (Å²) in [4.78, 5) is 11.9. The van der Waals surface area contributed by atoms with Gasteiger partial charge in [0.05, 0.1) is 0 Å². The second-order valence-corrected chi connectivity index (χ2v) is 5.29. The van der Waals surface area contributed by atoms with Gasteiger partial charge in [0.25, 0.3) is 0 Å². The summed E-state index contributed by atoms with van der Waals surface area (Å²) < 4.78 is 5.40. The second kappa shape index (κ2) is 6.17. The Kier molecular flexibility index (Phi) is 4.57. The maximum Gasteiger partial charge on any atom is 0.223 e. The van der Waals surface area contributed by atoms with Gasteiger partial charge >= 0.3 is 0 Å². The van der Waals surface area contributed by atoms with Crippen LogP contribution in [-0.4, -0.2) is 19.6 Å². The number of rotatable bonds is 5. The van der Waals surface area contributed by atoms with Gasteiger partial charge in [-0.05, 0) is 35.2 Å². The van der Waals surface area contributed by atoms with E-state index in [0.29, 0.717) is 6.54 Å². The quantitative estimate of drug-likeness (QED) is 0.876. The highest BCUT2D eigenvalue weighted by molar-refractivity contribution is 7.07. The minimum Gasteiger partial charge on any atom is -0.375 e. The van der Waals surface area contributed by atoms with Crippen LogP contribution in [0, 0.1) is 5.92 Å². The molecule has 0 radical (unpaired) electrons. The van der Waals surface area contributed by atoms with E-state index in [4.69, 9.17) is 4.74 Å². The van der Waals surface area contributed by atoms with E-state index in [0.717, 1.165) is 18.4 Å². The fraction of sp³-hybridized carbons (Fsp3) is 0.615. The molecular formula is C13H19NO2S. The Morgan fingerprint density at radius 1 is 1.59 bits per heavy atom. The lowest BCUT2D eigenvalue weighted by atomic mass is 10.1. The molecule has 1 saturated carbocycles. The van der Waals surface area contributed by atoms with Gasteiger partial charge in [-0.15, -0.1) is 0 Å². The maximum absolute atomic E-state index is 11.9. The molecule has 1 fully saturated rings. The number of carbonyl (C=O) groups is 1. The Bertz CT molecular complexity index is 344. The summed E-state index contributed by atoms with van der Waals surface area (Å²) in [7, 11) is 1.68. The number of nitrogens with one attached hydrogen (secondary N) is 1. The van der Waals surface area contributed by atoms with Gasteiger partial charge in [-0.3, -0.25) is 4.79 Å². The Hall–Kier alpha value is -0.870. The molecule has 1 N–H and O–H groups in total. The second-order valence-electron chi connectivity index (χ2n) is 4.51. The minimum atomic E-state index is -0.0217. The highest BCUT2D eigenvalue weighted by Crippen LogP contribution is 2.25. The van der Waals surface area contributed by atoms with Crippen LogP contribution in [0.2, 0.25) is 0 Å². The summed E-state index contributed by atoms with van der Waals surface area (Å²) in [5.41, 5.74) is 1.14. The van der Waals surface area contributed by atoms with E-state index < -0.39 is 0 Å². The first-order chi connectivity index (χ1) is 8.31. The first-order valence-electron chi connectivity index (χ1n) is 6.14. The van der Waals surface area contributed by atoms with Crippen LogP contribution in [0.4, 0.5) is 0 Å². The summed E-state index contributed by atoms with van der Waals surface area (Å²) in [5, 5.41) is 7.10. The highest BCUT2D eigenvalue weighted by Gasteiger charge is 2.23. The monoisotopic (exact) mass is 253 g/mol. The van der Waals surface area contributed by atoms with E-state index in [1.54, 1.807) is 18.4 Å². The molecule has 1 unspecified atom stereocenters. The van der Waals surface area contributed by atoms with Crippen LogP contribution in [0.25, 0.3) is 0 Å². The third kappa shape index (κ3) is 3.30. The zero-order valence-corrected chi connectivity index (χ0v) is 11.0. The third-order valence-electron chi connectivity index (χ3n) is 3.39. The molecule has 1 atom stereocenters. The van der Waals surface area contributed by atoms with Gasteiger partial charge in [-0.1, -0.05) is 12.8 Å². The summed E-state index contributed by atoms with van der Waals surface area (Å²) in [6.07, 6.45) is 4.45. The number of hydrogen-bond acceptors (Lipinski definition) is 3. The number of methoxy groups -OCH3 is 1.